The molecule has 0 saturated carbocycles. The van der Waals surface area contributed by atoms with Gasteiger partial charge < -0.3 is 9.80 Å². The number of nitrogens with zero attached hydrogens (tertiary/aromatic N) is 3. The standard InChI is InChI=1S/C15H16FN3O/c1-18-5-7-19(8-6-18)15-12(10-20)9-11-3-2-4-13(16)14(11)17-15/h2-4,9-10H,5-8H2,1H3. The summed E-state index contributed by atoms with van der Waals surface area (Å²) < 4.78 is 13.9. The van der Waals surface area contributed by atoms with Gasteiger partial charge in [-0.2, -0.15) is 0 Å². The number of benzene rings is 1. The van der Waals surface area contributed by atoms with E-state index in [9.17, 15) is 9.18 Å². The number of anilines is 1. The van der Waals surface area contributed by atoms with E-state index in [-0.39, 0.29) is 5.82 Å². The van der Waals surface area contributed by atoms with Crippen molar-refractivity contribution in [3.05, 3.63) is 35.6 Å². The lowest BCUT2D eigenvalue weighted by Gasteiger charge is -2.33. The number of carbonyl (C=O) groups is 1. The summed E-state index contributed by atoms with van der Waals surface area (Å²) in [4.78, 5) is 20.0. The topological polar surface area (TPSA) is 36.4 Å². The predicted molar refractivity (Wildman–Crippen MR) is 76.8 cm³/mol. The summed E-state index contributed by atoms with van der Waals surface area (Å²) in [5, 5.41) is 0.657. The Morgan fingerprint density at radius 3 is 2.70 bits per heavy atom. The molecule has 2 heterocycles. The monoisotopic (exact) mass is 273 g/mol. The number of rotatable bonds is 2. The molecule has 0 atom stereocenters. The maximum absolute atomic E-state index is 13.9. The molecule has 1 aromatic heterocycles. The molecule has 0 N–H and O–H groups in total. The van der Waals surface area contributed by atoms with Crippen molar-refractivity contribution >= 4 is 23.0 Å². The van der Waals surface area contributed by atoms with Crippen LogP contribution in [0.25, 0.3) is 10.9 Å². The Morgan fingerprint density at radius 2 is 2.00 bits per heavy atom. The van der Waals surface area contributed by atoms with Crippen molar-refractivity contribution in [2.75, 3.05) is 38.1 Å². The van der Waals surface area contributed by atoms with Gasteiger partial charge in [0.15, 0.2) is 6.29 Å². The van der Waals surface area contributed by atoms with Crippen molar-refractivity contribution in [3.8, 4) is 0 Å². The van der Waals surface area contributed by atoms with Gasteiger partial charge in [0.05, 0.1) is 5.56 Å². The Labute approximate surface area is 116 Å². The fraction of sp³-hybridized carbons (Fsp3) is 0.333. The smallest absolute Gasteiger partial charge is 0.153 e. The van der Waals surface area contributed by atoms with Gasteiger partial charge in [0, 0.05) is 31.6 Å². The Morgan fingerprint density at radius 1 is 1.25 bits per heavy atom. The zero-order valence-corrected chi connectivity index (χ0v) is 11.3. The Bertz CT molecular complexity index is 651. The fourth-order valence-corrected chi connectivity index (χ4v) is 2.53. The minimum absolute atomic E-state index is 0.326. The number of pyridine rings is 1. The van der Waals surface area contributed by atoms with E-state index in [4.69, 9.17) is 0 Å². The first-order chi connectivity index (χ1) is 9.69. The van der Waals surface area contributed by atoms with Crippen LogP contribution in [-0.4, -0.2) is 49.4 Å². The van der Waals surface area contributed by atoms with Crippen molar-refractivity contribution in [2.45, 2.75) is 0 Å². The van der Waals surface area contributed by atoms with Gasteiger partial charge in [-0.05, 0) is 19.2 Å². The van der Waals surface area contributed by atoms with E-state index in [0.29, 0.717) is 22.3 Å². The third kappa shape index (κ3) is 2.25. The second kappa shape index (κ2) is 5.17. The molecule has 0 radical (unpaired) electrons. The molecular weight excluding hydrogens is 257 g/mol. The number of carbonyl (C=O) groups excluding carboxylic acids is 1. The van der Waals surface area contributed by atoms with Crippen LogP contribution in [0.5, 0.6) is 0 Å². The van der Waals surface area contributed by atoms with E-state index >= 15 is 0 Å². The first-order valence-corrected chi connectivity index (χ1v) is 6.67. The van der Waals surface area contributed by atoms with Gasteiger partial charge >= 0.3 is 0 Å². The molecule has 0 bridgehead atoms. The lowest BCUT2D eigenvalue weighted by molar-refractivity contribution is 0.112. The normalized spacial score (nSPS) is 16.6. The largest absolute Gasteiger partial charge is 0.353 e. The van der Waals surface area contributed by atoms with Gasteiger partial charge in [-0.3, -0.25) is 4.79 Å². The minimum Gasteiger partial charge on any atom is -0.353 e. The molecule has 1 aromatic carbocycles. The Balaban J connectivity index is 2.09. The van der Waals surface area contributed by atoms with E-state index < -0.39 is 0 Å². The van der Waals surface area contributed by atoms with Crippen LogP contribution in [0.1, 0.15) is 10.4 Å². The number of piperazine rings is 1. The molecule has 4 nitrogen and oxygen atoms in total. The van der Waals surface area contributed by atoms with Crippen LogP contribution in [0.15, 0.2) is 24.3 Å². The first-order valence-electron chi connectivity index (χ1n) is 6.67. The molecule has 1 aliphatic heterocycles. The van der Waals surface area contributed by atoms with Crippen LogP contribution in [0, 0.1) is 5.82 Å². The second-order valence-corrected chi connectivity index (χ2v) is 5.12. The molecule has 3 rings (SSSR count). The van der Waals surface area contributed by atoms with Crippen LogP contribution in [0.2, 0.25) is 0 Å². The van der Waals surface area contributed by atoms with Gasteiger partial charge in [-0.25, -0.2) is 9.37 Å². The number of hydrogen-bond acceptors (Lipinski definition) is 4. The van der Waals surface area contributed by atoms with Crippen molar-refractivity contribution in [1.82, 2.24) is 9.88 Å². The zero-order chi connectivity index (χ0) is 14.1. The Hall–Kier alpha value is -2.01. The first kappa shape index (κ1) is 13.0. The summed E-state index contributed by atoms with van der Waals surface area (Å²) in [6.07, 6.45) is 0.797. The van der Waals surface area contributed by atoms with E-state index in [1.807, 2.05) is 0 Å². The molecule has 1 aliphatic rings. The lowest BCUT2D eigenvalue weighted by Crippen LogP contribution is -2.45. The average Bonchev–Trinajstić information content (AvgIpc) is 2.47. The quantitative estimate of drug-likeness (QED) is 0.784. The Kier molecular flexibility index (Phi) is 3.36. The summed E-state index contributed by atoms with van der Waals surface area (Å²) in [5.41, 5.74) is 0.847. The van der Waals surface area contributed by atoms with Crippen LogP contribution in [0.4, 0.5) is 10.2 Å². The van der Waals surface area contributed by atoms with E-state index in [0.717, 1.165) is 32.5 Å². The number of fused-ring (bicyclic) bond motifs is 1. The fourth-order valence-electron chi connectivity index (χ4n) is 2.53. The van der Waals surface area contributed by atoms with Gasteiger partial charge in [0.25, 0.3) is 0 Å². The molecule has 104 valence electrons. The predicted octanol–water partition coefficient (Wildman–Crippen LogP) is 1.94. The molecule has 0 amide bonds. The van der Waals surface area contributed by atoms with Crippen LogP contribution >= 0.6 is 0 Å². The third-order valence-corrected chi connectivity index (χ3v) is 3.73. The highest BCUT2D eigenvalue weighted by molar-refractivity contribution is 5.92. The van der Waals surface area contributed by atoms with Crippen LogP contribution in [0.3, 0.4) is 0 Å². The molecular formula is C15H16FN3O. The van der Waals surface area contributed by atoms with Crippen molar-refractivity contribution in [1.29, 1.82) is 0 Å². The van der Waals surface area contributed by atoms with Gasteiger partial charge in [-0.1, -0.05) is 12.1 Å². The SMILES string of the molecule is CN1CCN(c2nc3c(F)cccc3cc2C=O)CC1. The number of hydrogen-bond donors (Lipinski definition) is 0. The molecule has 20 heavy (non-hydrogen) atoms. The number of aldehydes is 1. The molecule has 2 aromatic rings. The molecule has 5 heteroatoms. The van der Waals surface area contributed by atoms with E-state index in [2.05, 4.69) is 21.8 Å². The highest BCUT2D eigenvalue weighted by atomic mass is 19.1. The highest BCUT2D eigenvalue weighted by Gasteiger charge is 2.19. The summed E-state index contributed by atoms with van der Waals surface area (Å²) >= 11 is 0. The number of halogens is 1. The zero-order valence-electron chi connectivity index (χ0n) is 11.3. The van der Waals surface area contributed by atoms with Gasteiger partial charge in [0.2, 0.25) is 0 Å². The molecule has 0 unspecified atom stereocenters. The summed E-state index contributed by atoms with van der Waals surface area (Å²) in [6, 6.07) is 6.51. The van der Waals surface area contributed by atoms with E-state index in [1.54, 1.807) is 18.2 Å². The minimum atomic E-state index is -0.352. The summed E-state index contributed by atoms with van der Waals surface area (Å²) in [5.74, 6) is 0.237. The van der Waals surface area contributed by atoms with Crippen molar-refractivity contribution in [2.24, 2.45) is 0 Å². The van der Waals surface area contributed by atoms with Crippen molar-refractivity contribution in [3.63, 3.8) is 0 Å². The number of para-hydroxylation sites is 1. The maximum Gasteiger partial charge on any atom is 0.153 e. The van der Waals surface area contributed by atoms with Crippen LogP contribution < -0.4 is 4.90 Å². The van der Waals surface area contributed by atoms with Gasteiger partial charge in [0.1, 0.15) is 17.2 Å². The van der Waals surface area contributed by atoms with E-state index in [1.165, 1.54) is 6.07 Å². The van der Waals surface area contributed by atoms with Gasteiger partial charge in [-0.15, -0.1) is 0 Å². The third-order valence-electron chi connectivity index (χ3n) is 3.73. The second-order valence-electron chi connectivity index (χ2n) is 5.12. The summed E-state index contributed by atoms with van der Waals surface area (Å²) in [6.45, 7) is 3.42. The number of aromatic nitrogens is 1. The molecule has 0 aliphatic carbocycles. The molecule has 0 spiro atoms. The molecule has 1 fully saturated rings. The number of likely N-dealkylation sites (N-methyl/N-ethyl adjacent to an activating group) is 1. The maximum atomic E-state index is 13.9. The lowest BCUT2D eigenvalue weighted by atomic mass is 10.1. The average molecular weight is 273 g/mol. The molecule has 1 saturated heterocycles. The highest BCUT2D eigenvalue weighted by Crippen LogP contribution is 2.24. The van der Waals surface area contributed by atoms with Crippen LogP contribution in [-0.2, 0) is 0 Å². The van der Waals surface area contributed by atoms with Crippen molar-refractivity contribution < 1.29 is 9.18 Å². The summed E-state index contributed by atoms with van der Waals surface area (Å²) in [7, 11) is 2.06.